The third kappa shape index (κ3) is 1.77. The van der Waals surface area contributed by atoms with Crippen LogP contribution in [0.3, 0.4) is 0 Å². The van der Waals surface area contributed by atoms with Gasteiger partial charge in [0, 0.05) is 19.3 Å². The smallest absolute Gasteiger partial charge is 0.257 e. The number of carbonyl (C=O) groups excluding carboxylic acids is 1. The highest BCUT2D eigenvalue weighted by Gasteiger charge is 2.26. The van der Waals surface area contributed by atoms with Crippen molar-refractivity contribution in [3.63, 3.8) is 0 Å². The minimum absolute atomic E-state index is 0.00102. The Hall–Kier alpha value is -1.65. The highest BCUT2D eigenvalue weighted by Crippen LogP contribution is 2.19. The molecule has 2 heterocycles. The van der Waals surface area contributed by atoms with Gasteiger partial charge in [0.05, 0.1) is 17.8 Å². The molecule has 15 heavy (non-hydrogen) atoms. The van der Waals surface area contributed by atoms with Crippen molar-refractivity contribution in [3.05, 3.63) is 17.5 Å². The number of nitrogens with zero attached hydrogens (tertiary/aromatic N) is 3. The third-order valence-electron chi connectivity index (χ3n) is 2.25. The van der Waals surface area contributed by atoms with Gasteiger partial charge in [-0.15, -0.1) is 0 Å². The Morgan fingerprint density at radius 3 is 2.93 bits per heavy atom. The van der Waals surface area contributed by atoms with E-state index in [0.717, 1.165) is 5.69 Å². The summed E-state index contributed by atoms with van der Waals surface area (Å²) < 4.78 is 0. The van der Waals surface area contributed by atoms with Crippen molar-refractivity contribution in [3.8, 4) is 0 Å². The zero-order chi connectivity index (χ0) is 11.0. The molecule has 0 aliphatic carbocycles. The van der Waals surface area contributed by atoms with Crippen LogP contribution < -0.4 is 5.32 Å². The van der Waals surface area contributed by atoms with E-state index in [2.05, 4.69) is 15.3 Å². The Balaban J connectivity index is 2.29. The molecular formula is C10H14N4O. The normalized spacial score (nSPS) is 14.7. The molecule has 0 saturated carbocycles. The lowest BCUT2D eigenvalue weighted by Gasteiger charge is -2.07. The highest BCUT2D eigenvalue weighted by atomic mass is 16.2. The predicted octanol–water partition coefficient (Wildman–Crippen LogP) is 0.882. The predicted molar refractivity (Wildman–Crippen MR) is 56.6 cm³/mol. The molecule has 1 aromatic rings. The van der Waals surface area contributed by atoms with E-state index in [1.165, 1.54) is 0 Å². The molecule has 5 heteroatoms. The summed E-state index contributed by atoms with van der Waals surface area (Å²) in [6.07, 6.45) is 1.60. The molecule has 0 aromatic carbocycles. The van der Waals surface area contributed by atoms with Gasteiger partial charge < -0.3 is 10.2 Å². The maximum Gasteiger partial charge on any atom is 0.257 e. The number of aromatic nitrogens is 2. The Bertz CT molecular complexity index is 402. The van der Waals surface area contributed by atoms with Crippen LogP contribution in [0.2, 0.25) is 0 Å². The van der Waals surface area contributed by atoms with Gasteiger partial charge in [0.1, 0.15) is 0 Å². The maximum atomic E-state index is 11.6. The number of hydrogen-bond donors (Lipinski definition) is 1. The number of amides is 1. The van der Waals surface area contributed by atoms with Crippen LogP contribution in [0.5, 0.6) is 0 Å². The van der Waals surface area contributed by atoms with Crippen LogP contribution in [-0.2, 0) is 6.54 Å². The van der Waals surface area contributed by atoms with Crippen molar-refractivity contribution in [1.29, 1.82) is 0 Å². The Labute approximate surface area is 88.5 Å². The number of hydrogen-bond acceptors (Lipinski definition) is 4. The van der Waals surface area contributed by atoms with Crippen molar-refractivity contribution in [1.82, 2.24) is 14.9 Å². The van der Waals surface area contributed by atoms with Gasteiger partial charge in [0.15, 0.2) is 0 Å². The van der Waals surface area contributed by atoms with E-state index in [1.807, 2.05) is 13.8 Å². The van der Waals surface area contributed by atoms with Crippen LogP contribution in [0.25, 0.3) is 0 Å². The third-order valence-corrected chi connectivity index (χ3v) is 2.25. The fraction of sp³-hybridized carbons (Fsp3) is 0.500. The van der Waals surface area contributed by atoms with E-state index in [4.69, 9.17) is 0 Å². The SMILES string of the molecule is CC(C)Nc1ncc2c(n1)CN(C)C2=O. The van der Waals surface area contributed by atoms with E-state index in [-0.39, 0.29) is 11.9 Å². The molecule has 5 nitrogen and oxygen atoms in total. The van der Waals surface area contributed by atoms with Crippen molar-refractivity contribution in [2.75, 3.05) is 12.4 Å². The molecule has 1 amide bonds. The molecule has 1 aromatic heterocycles. The second kappa shape index (κ2) is 3.49. The van der Waals surface area contributed by atoms with E-state index >= 15 is 0 Å². The first kappa shape index (κ1) is 9.89. The lowest BCUT2D eigenvalue weighted by Crippen LogP contribution is -2.17. The summed E-state index contributed by atoms with van der Waals surface area (Å²) in [5, 5.41) is 3.11. The fourth-order valence-electron chi connectivity index (χ4n) is 1.55. The second-order valence-electron chi connectivity index (χ2n) is 4.01. The van der Waals surface area contributed by atoms with E-state index in [9.17, 15) is 4.79 Å². The fourth-order valence-corrected chi connectivity index (χ4v) is 1.55. The van der Waals surface area contributed by atoms with Crippen molar-refractivity contribution < 1.29 is 4.79 Å². The van der Waals surface area contributed by atoms with Gasteiger partial charge in [-0.2, -0.15) is 0 Å². The quantitative estimate of drug-likeness (QED) is 0.780. The molecule has 0 spiro atoms. The van der Waals surface area contributed by atoms with Gasteiger partial charge in [0.2, 0.25) is 5.95 Å². The summed E-state index contributed by atoms with van der Waals surface area (Å²) in [7, 11) is 1.76. The summed E-state index contributed by atoms with van der Waals surface area (Å²) in [6.45, 7) is 4.62. The number of fused-ring (bicyclic) bond motifs is 1. The summed E-state index contributed by atoms with van der Waals surface area (Å²) in [6, 6.07) is 0.290. The van der Waals surface area contributed by atoms with Crippen LogP contribution in [-0.4, -0.2) is 33.9 Å². The molecule has 2 rings (SSSR count). The van der Waals surface area contributed by atoms with Crippen molar-refractivity contribution in [2.45, 2.75) is 26.4 Å². The van der Waals surface area contributed by atoms with Gasteiger partial charge in [-0.3, -0.25) is 4.79 Å². The van der Waals surface area contributed by atoms with E-state index in [1.54, 1.807) is 18.1 Å². The minimum atomic E-state index is 0.00102. The zero-order valence-electron chi connectivity index (χ0n) is 9.11. The van der Waals surface area contributed by atoms with Crippen LogP contribution >= 0.6 is 0 Å². The lowest BCUT2D eigenvalue weighted by molar-refractivity contribution is 0.0816. The number of anilines is 1. The average molecular weight is 206 g/mol. The number of nitrogens with one attached hydrogen (secondary N) is 1. The summed E-state index contributed by atoms with van der Waals surface area (Å²) in [5.74, 6) is 0.591. The summed E-state index contributed by atoms with van der Waals surface area (Å²) >= 11 is 0. The standard InChI is InChI=1S/C10H14N4O/c1-6(2)12-10-11-4-7-8(13-10)5-14(3)9(7)15/h4,6H,5H2,1-3H3,(H,11,12,13). The molecule has 80 valence electrons. The summed E-state index contributed by atoms with van der Waals surface area (Å²) in [4.78, 5) is 21.6. The van der Waals surface area contributed by atoms with Gasteiger partial charge in [-0.1, -0.05) is 0 Å². The molecule has 0 atom stereocenters. The lowest BCUT2D eigenvalue weighted by atomic mass is 10.3. The first-order valence-corrected chi connectivity index (χ1v) is 4.96. The van der Waals surface area contributed by atoms with Gasteiger partial charge in [0.25, 0.3) is 5.91 Å². The van der Waals surface area contributed by atoms with E-state index < -0.39 is 0 Å². The van der Waals surface area contributed by atoms with Gasteiger partial charge in [-0.05, 0) is 13.8 Å². The van der Waals surface area contributed by atoms with Crippen LogP contribution in [0.1, 0.15) is 29.9 Å². The molecule has 0 bridgehead atoms. The Morgan fingerprint density at radius 1 is 1.53 bits per heavy atom. The minimum Gasteiger partial charge on any atom is -0.352 e. The number of rotatable bonds is 2. The largest absolute Gasteiger partial charge is 0.352 e. The molecular weight excluding hydrogens is 192 g/mol. The van der Waals surface area contributed by atoms with Gasteiger partial charge in [-0.25, -0.2) is 9.97 Å². The van der Waals surface area contributed by atoms with Crippen LogP contribution in [0.4, 0.5) is 5.95 Å². The molecule has 0 radical (unpaired) electrons. The van der Waals surface area contributed by atoms with Crippen LogP contribution in [0.15, 0.2) is 6.20 Å². The maximum absolute atomic E-state index is 11.6. The molecule has 0 saturated heterocycles. The Kier molecular flexibility index (Phi) is 2.30. The molecule has 1 aliphatic heterocycles. The molecule has 1 aliphatic rings. The monoisotopic (exact) mass is 206 g/mol. The molecule has 0 unspecified atom stereocenters. The summed E-state index contributed by atoms with van der Waals surface area (Å²) in [5.41, 5.74) is 1.42. The van der Waals surface area contributed by atoms with Gasteiger partial charge >= 0.3 is 0 Å². The van der Waals surface area contributed by atoms with Crippen molar-refractivity contribution >= 4 is 11.9 Å². The highest BCUT2D eigenvalue weighted by molar-refractivity contribution is 5.97. The average Bonchev–Trinajstić information content (AvgIpc) is 2.41. The number of carbonyl (C=O) groups is 1. The van der Waals surface area contributed by atoms with E-state index in [0.29, 0.717) is 18.1 Å². The Morgan fingerprint density at radius 2 is 2.27 bits per heavy atom. The second-order valence-corrected chi connectivity index (χ2v) is 4.01. The first-order chi connectivity index (χ1) is 7.08. The first-order valence-electron chi connectivity index (χ1n) is 4.96. The molecule has 1 N–H and O–H groups in total. The topological polar surface area (TPSA) is 58.1 Å². The van der Waals surface area contributed by atoms with Crippen LogP contribution in [0, 0.1) is 0 Å². The molecule has 0 fully saturated rings. The zero-order valence-corrected chi connectivity index (χ0v) is 9.11. The van der Waals surface area contributed by atoms with Crippen molar-refractivity contribution in [2.24, 2.45) is 0 Å².